The van der Waals surface area contributed by atoms with Crippen molar-refractivity contribution in [2.75, 3.05) is 13.1 Å². The van der Waals surface area contributed by atoms with Crippen molar-refractivity contribution in [2.45, 2.75) is 32.8 Å². The number of carbonyl (C=O) groups is 1. The molecule has 0 unspecified atom stereocenters. The minimum Gasteiger partial charge on any atom is -0.487 e. The molecule has 0 N–H and O–H groups in total. The number of carbonyl (C=O) groups excluding carboxylic acids is 1. The fourth-order valence-electron chi connectivity index (χ4n) is 2.43. The molecule has 0 saturated carbocycles. The number of rotatable bonds is 4. The van der Waals surface area contributed by atoms with Crippen molar-refractivity contribution >= 4 is 18.0 Å². The molecular formula is C20H24ClNO2. The van der Waals surface area contributed by atoms with Crippen LogP contribution in [0.25, 0.3) is 0 Å². The molecule has 1 saturated heterocycles. The molecule has 1 aliphatic rings. The lowest BCUT2D eigenvalue weighted by atomic mass is 10.1. The molecule has 1 fully saturated rings. The third-order valence-electron chi connectivity index (χ3n) is 3.89. The van der Waals surface area contributed by atoms with Crippen LogP contribution in [0.3, 0.4) is 0 Å². The van der Waals surface area contributed by atoms with E-state index in [1.807, 2.05) is 29.2 Å². The molecule has 1 aliphatic heterocycles. The lowest BCUT2D eigenvalue weighted by Crippen LogP contribution is -2.27. The van der Waals surface area contributed by atoms with Gasteiger partial charge < -0.3 is 9.64 Å². The van der Waals surface area contributed by atoms with Crippen LogP contribution >= 0.6 is 11.6 Å². The molecule has 0 aromatic heterocycles. The third kappa shape index (κ3) is 6.25. The van der Waals surface area contributed by atoms with Crippen LogP contribution in [-0.2, 0) is 11.4 Å². The molecule has 1 amide bonds. The maximum absolute atomic E-state index is 10.1. The molecule has 24 heavy (non-hydrogen) atoms. The average Bonchev–Trinajstić information content (AvgIpc) is 2.64. The minimum atomic E-state index is 0.546. The number of hydrogen-bond acceptors (Lipinski definition) is 2. The highest BCUT2D eigenvalue weighted by atomic mass is 35.5. The van der Waals surface area contributed by atoms with Gasteiger partial charge in [-0.3, -0.25) is 4.79 Å². The van der Waals surface area contributed by atoms with E-state index in [4.69, 9.17) is 16.3 Å². The van der Waals surface area contributed by atoms with E-state index in [0.717, 1.165) is 30.8 Å². The smallest absolute Gasteiger partial charge is 0.209 e. The zero-order valence-corrected chi connectivity index (χ0v) is 14.8. The van der Waals surface area contributed by atoms with Crippen molar-refractivity contribution in [1.29, 1.82) is 0 Å². The lowest BCUT2D eigenvalue weighted by Gasteiger charge is -2.21. The maximum atomic E-state index is 10.1. The molecule has 0 aliphatic carbocycles. The Hall–Kier alpha value is -2.00. The fraction of sp³-hybridized carbons (Fsp3) is 0.350. The Morgan fingerprint density at radius 3 is 2.29 bits per heavy atom. The van der Waals surface area contributed by atoms with Crippen LogP contribution in [0.5, 0.6) is 5.75 Å². The summed E-state index contributed by atoms with van der Waals surface area (Å²) in [5.41, 5.74) is 2.40. The summed E-state index contributed by atoms with van der Waals surface area (Å²) in [5.74, 6) is 0.727. The van der Waals surface area contributed by atoms with Gasteiger partial charge >= 0.3 is 0 Å². The summed E-state index contributed by atoms with van der Waals surface area (Å²) in [6, 6.07) is 15.8. The van der Waals surface area contributed by atoms with Crippen molar-refractivity contribution in [1.82, 2.24) is 4.90 Å². The summed E-state index contributed by atoms with van der Waals surface area (Å²) in [7, 11) is 0. The number of para-hydroxylation sites is 1. The van der Waals surface area contributed by atoms with Gasteiger partial charge in [0.25, 0.3) is 0 Å². The average molecular weight is 346 g/mol. The first kappa shape index (κ1) is 18.3. The van der Waals surface area contributed by atoms with Gasteiger partial charge in [-0.15, -0.1) is 0 Å². The standard InChI is InChI=1S/C14H13ClO.C6H11NO/c1-11-6-8-12(9-7-11)10-16-14-5-3-2-4-13(14)15;8-6-7-4-2-1-3-5-7/h2-9H,10H2,1H3;6H,1-5H2. The van der Waals surface area contributed by atoms with Gasteiger partial charge in [0.2, 0.25) is 6.41 Å². The van der Waals surface area contributed by atoms with Gasteiger partial charge in [0.1, 0.15) is 12.4 Å². The summed E-state index contributed by atoms with van der Waals surface area (Å²) in [5, 5.41) is 0.648. The molecule has 2 aromatic rings. The summed E-state index contributed by atoms with van der Waals surface area (Å²) in [4.78, 5) is 11.9. The topological polar surface area (TPSA) is 29.5 Å². The Bertz CT molecular complexity index is 622. The van der Waals surface area contributed by atoms with E-state index in [1.54, 1.807) is 0 Å². The fourth-order valence-corrected chi connectivity index (χ4v) is 2.62. The normalized spacial score (nSPS) is 13.7. The Kier molecular flexibility index (Phi) is 7.63. The first-order valence-corrected chi connectivity index (χ1v) is 8.69. The zero-order chi connectivity index (χ0) is 17.2. The van der Waals surface area contributed by atoms with Gasteiger partial charge in [-0.2, -0.15) is 0 Å². The monoisotopic (exact) mass is 345 g/mol. The number of amides is 1. The summed E-state index contributed by atoms with van der Waals surface area (Å²) in [6.07, 6.45) is 4.63. The Labute approximate surface area is 149 Å². The summed E-state index contributed by atoms with van der Waals surface area (Å²) in [6.45, 7) is 4.57. The third-order valence-corrected chi connectivity index (χ3v) is 4.20. The van der Waals surface area contributed by atoms with Crippen LogP contribution < -0.4 is 4.74 Å². The van der Waals surface area contributed by atoms with E-state index in [2.05, 4.69) is 31.2 Å². The molecule has 0 radical (unpaired) electrons. The molecule has 0 atom stereocenters. The van der Waals surface area contributed by atoms with Gasteiger partial charge in [-0.1, -0.05) is 53.6 Å². The van der Waals surface area contributed by atoms with Crippen molar-refractivity contribution in [3.05, 3.63) is 64.7 Å². The van der Waals surface area contributed by atoms with Crippen LogP contribution in [0, 0.1) is 6.92 Å². The predicted octanol–water partition coefficient (Wildman–Crippen LogP) is 4.86. The Balaban J connectivity index is 0.000000219. The van der Waals surface area contributed by atoms with E-state index in [-0.39, 0.29) is 0 Å². The summed E-state index contributed by atoms with van der Waals surface area (Å²) < 4.78 is 5.63. The molecule has 2 aromatic carbocycles. The van der Waals surface area contributed by atoms with Gasteiger partial charge in [0.05, 0.1) is 5.02 Å². The van der Waals surface area contributed by atoms with E-state index >= 15 is 0 Å². The number of nitrogens with zero attached hydrogens (tertiary/aromatic N) is 1. The van der Waals surface area contributed by atoms with E-state index < -0.39 is 0 Å². The van der Waals surface area contributed by atoms with Crippen LogP contribution in [0.1, 0.15) is 30.4 Å². The van der Waals surface area contributed by atoms with Crippen molar-refractivity contribution in [3.8, 4) is 5.75 Å². The van der Waals surface area contributed by atoms with Crippen LogP contribution in [0.4, 0.5) is 0 Å². The molecule has 128 valence electrons. The maximum Gasteiger partial charge on any atom is 0.209 e. The highest BCUT2D eigenvalue weighted by Crippen LogP contribution is 2.24. The highest BCUT2D eigenvalue weighted by Gasteiger charge is 2.05. The summed E-state index contributed by atoms with van der Waals surface area (Å²) >= 11 is 5.99. The number of ether oxygens (including phenoxy) is 1. The SMILES string of the molecule is Cc1ccc(COc2ccccc2Cl)cc1.O=CN1CCCCC1. The van der Waals surface area contributed by atoms with E-state index in [0.29, 0.717) is 11.6 Å². The number of benzene rings is 2. The second-order valence-electron chi connectivity index (χ2n) is 5.91. The Morgan fingerprint density at radius 1 is 1.04 bits per heavy atom. The zero-order valence-electron chi connectivity index (χ0n) is 14.1. The number of halogens is 1. The van der Waals surface area contributed by atoms with Crippen molar-refractivity contribution in [2.24, 2.45) is 0 Å². The van der Waals surface area contributed by atoms with Crippen LogP contribution in [0.15, 0.2) is 48.5 Å². The molecular weight excluding hydrogens is 322 g/mol. The molecule has 1 heterocycles. The molecule has 0 bridgehead atoms. The molecule has 3 nitrogen and oxygen atoms in total. The van der Waals surface area contributed by atoms with Gasteiger partial charge in [0.15, 0.2) is 0 Å². The van der Waals surface area contributed by atoms with Crippen molar-refractivity contribution < 1.29 is 9.53 Å². The van der Waals surface area contributed by atoms with Gasteiger partial charge in [-0.05, 0) is 43.9 Å². The molecule has 3 rings (SSSR count). The predicted molar refractivity (Wildman–Crippen MR) is 98.5 cm³/mol. The second kappa shape index (κ2) is 9.99. The minimum absolute atomic E-state index is 0.546. The first-order valence-electron chi connectivity index (χ1n) is 8.31. The Morgan fingerprint density at radius 2 is 1.71 bits per heavy atom. The van der Waals surface area contributed by atoms with E-state index in [9.17, 15) is 4.79 Å². The lowest BCUT2D eigenvalue weighted by molar-refractivity contribution is -0.118. The van der Waals surface area contributed by atoms with Crippen LogP contribution in [0.2, 0.25) is 5.02 Å². The number of aryl methyl sites for hydroxylation is 1. The number of piperidine rings is 1. The highest BCUT2D eigenvalue weighted by molar-refractivity contribution is 6.32. The molecule has 4 heteroatoms. The van der Waals surface area contributed by atoms with E-state index in [1.165, 1.54) is 24.8 Å². The first-order chi connectivity index (χ1) is 11.7. The number of hydrogen-bond donors (Lipinski definition) is 0. The number of likely N-dealkylation sites (tertiary alicyclic amines) is 1. The van der Waals surface area contributed by atoms with Gasteiger partial charge in [-0.25, -0.2) is 0 Å². The quantitative estimate of drug-likeness (QED) is 0.741. The molecule has 0 spiro atoms. The largest absolute Gasteiger partial charge is 0.487 e. The van der Waals surface area contributed by atoms with Gasteiger partial charge in [0, 0.05) is 13.1 Å². The second-order valence-corrected chi connectivity index (χ2v) is 6.31. The van der Waals surface area contributed by atoms with Crippen LogP contribution in [-0.4, -0.2) is 24.4 Å². The van der Waals surface area contributed by atoms with Crippen molar-refractivity contribution in [3.63, 3.8) is 0 Å².